The largest absolute Gasteiger partial charge is 0.459 e. The zero-order valence-corrected chi connectivity index (χ0v) is 20.2. The highest BCUT2D eigenvalue weighted by atomic mass is 16.6. The van der Waals surface area contributed by atoms with Crippen LogP contribution in [0.5, 0.6) is 0 Å². The number of hydrogen-bond acceptors (Lipinski definition) is 6. The minimum absolute atomic E-state index is 0.0581. The van der Waals surface area contributed by atoms with Crippen LogP contribution in [0.4, 0.5) is 4.79 Å². The average molecular weight is 450 g/mol. The van der Waals surface area contributed by atoms with Crippen molar-refractivity contribution >= 4 is 18.0 Å². The summed E-state index contributed by atoms with van der Waals surface area (Å²) in [6.45, 7) is 11.6. The van der Waals surface area contributed by atoms with Crippen molar-refractivity contribution in [3.05, 3.63) is 35.4 Å². The Bertz CT molecular complexity index is 741. The number of rotatable bonds is 11. The normalized spacial score (nSPS) is 13.2. The molecule has 0 saturated heterocycles. The number of nitrogens with two attached hydrogens (primary N) is 1. The maximum atomic E-state index is 12.7. The van der Waals surface area contributed by atoms with Gasteiger partial charge in [0.15, 0.2) is 0 Å². The predicted molar refractivity (Wildman–Crippen MR) is 124 cm³/mol. The van der Waals surface area contributed by atoms with Crippen LogP contribution in [-0.4, -0.2) is 42.2 Å². The van der Waals surface area contributed by atoms with Gasteiger partial charge in [0, 0.05) is 6.54 Å². The predicted octanol–water partition coefficient (Wildman–Crippen LogP) is 3.20. The Morgan fingerprint density at radius 1 is 1.06 bits per heavy atom. The molecule has 0 spiro atoms. The van der Waals surface area contributed by atoms with Crippen molar-refractivity contribution in [1.82, 2.24) is 10.6 Å². The first-order valence-electron chi connectivity index (χ1n) is 11.1. The van der Waals surface area contributed by atoms with E-state index in [-0.39, 0.29) is 18.4 Å². The van der Waals surface area contributed by atoms with Gasteiger partial charge in [0.2, 0.25) is 5.91 Å². The smallest absolute Gasteiger partial charge is 0.407 e. The third-order valence-electron chi connectivity index (χ3n) is 4.71. The number of nitrogens with one attached hydrogen (secondary N) is 2. The molecule has 180 valence electrons. The van der Waals surface area contributed by atoms with Crippen molar-refractivity contribution in [1.29, 1.82) is 0 Å². The molecule has 0 saturated carbocycles. The number of aryl methyl sites for hydroxylation is 1. The van der Waals surface area contributed by atoms with Crippen LogP contribution < -0.4 is 16.4 Å². The fourth-order valence-corrected chi connectivity index (χ4v) is 2.74. The SMILES string of the molecule is Cc1ccc(COC(=O)[C@H](CCCCNC(=O)OC(C)(C)C)NC(=O)[C@H](N)C(C)C)cc1. The van der Waals surface area contributed by atoms with E-state index in [9.17, 15) is 14.4 Å². The van der Waals surface area contributed by atoms with Crippen molar-refractivity contribution in [2.75, 3.05) is 6.54 Å². The fraction of sp³-hybridized carbons (Fsp3) is 0.625. The molecule has 2 amide bonds. The van der Waals surface area contributed by atoms with Crippen LogP contribution >= 0.6 is 0 Å². The molecule has 0 unspecified atom stereocenters. The second-order valence-electron chi connectivity index (χ2n) is 9.35. The third-order valence-corrected chi connectivity index (χ3v) is 4.71. The lowest BCUT2D eigenvalue weighted by molar-refractivity contribution is -0.149. The highest BCUT2D eigenvalue weighted by molar-refractivity contribution is 5.87. The topological polar surface area (TPSA) is 120 Å². The summed E-state index contributed by atoms with van der Waals surface area (Å²) >= 11 is 0. The summed E-state index contributed by atoms with van der Waals surface area (Å²) in [4.78, 5) is 36.8. The van der Waals surface area contributed by atoms with Crippen LogP contribution in [0.3, 0.4) is 0 Å². The standard InChI is InChI=1S/C24H39N3O5/c1-16(2)20(25)21(28)27-19(9-7-8-14-26-23(30)32-24(4,5)6)22(29)31-15-18-12-10-17(3)11-13-18/h10-13,16,19-20H,7-9,14-15,25H2,1-6H3,(H,26,30)(H,27,28)/t19-,20+/m0/s1. The molecule has 0 radical (unpaired) electrons. The van der Waals surface area contributed by atoms with E-state index in [4.69, 9.17) is 15.2 Å². The van der Waals surface area contributed by atoms with Gasteiger partial charge in [-0.1, -0.05) is 43.7 Å². The summed E-state index contributed by atoms with van der Waals surface area (Å²) in [7, 11) is 0. The molecule has 4 N–H and O–H groups in total. The Labute approximate surface area is 191 Å². The lowest BCUT2D eigenvalue weighted by Crippen LogP contribution is -2.50. The third kappa shape index (κ3) is 11.1. The van der Waals surface area contributed by atoms with E-state index in [0.29, 0.717) is 25.8 Å². The lowest BCUT2D eigenvalue weighted by atomic mass is 10.0. The molecule has 8 nitrogen and oxygen atoms in total. The molecule has 0 aliphatic rings. The van der Waals surface area contributed by atoms with E-state index in [1.807, 2.05) is 45.0 Å². The molecule has 0 fully saturated rings. The van der Waals surface area contributed by atoms with Crippen LogP contribution in [0.25, 0.3) is 0 Å². The maximum absolute atomic E-state index is 12.7. The van der Waals surface area contributed by atoms with Crippen LogP contribution in [0.2, 0.25) is 0 Å². The van der Waals surface area contributed by atoms with Crippen molar-refractivity contribution in [2.45, 2.75) is 85.1 Å². The first kappa shape index (κ1) is 27.4. The summed E-state index contributed by atoms with van der Waals surface area (Å²) in [6, 6.07) is 6.17. The van der Waals surface area contributed by atoms with E-state index < -0.39 is 29.7 Å². The first-order chi connectivity index (χ1) is 14.9. The molecule has 0 bridgehead atoms. The van der Waals surface area contributed by atoms with E-state index in [1.54, 1.807) is 20.8 Å². The number of hydrogen-bond donors (Lipinski definition) is 3. The Balaban J connectivity index is 2.59. The van der Waals surface area contributed by atoms with Gasteiger partial charge in [-0.05, 0) is 58.4 Å². The van der Waals surface area contributed by atoms with Crippen LogP contribution in [0.15, 0.2) is 24.3 Å². The van der Waals surface area contributed by atoms with Crippen molar-refractivity contribution in [2.24, 2.45) is 11.7 Å². The number of carbonyl (C=O) groups is 3. The molecule has 1 aromatic carbocycles. The molecule has 0 heterocycles. The van der Waals surface area contributed by atoms with Gasteiger partial charge in [-0.25, -0.2) is 9.59 Å². The highest BCUT2D eigenvalue weighted by Gasteiger charge is 2.26. The minimum atomic E-state index is -0.806. The Kier molecular flexibility index (Phi) is 11.2. The van der Waals surface area contributed by atoms with E-state index >= 15 is 0 Å². The van der Waals surface area contributed by atoms with Gasteiger partial charge in [0.25, 0.3) is 0 Å². The Morgan fingerprint density at radius 3 is 2.25 bits per heavy atom. The molecular formula is C24H39N3O5. The molecule has 0 aliphatic carbocycles. The number of esters is 1. The zero-order valence-electron chi connectivity index (χ0n) is 20.2. The minimum Gasteiger partial charge on any atom is -0.459 e. The molecule has 0 aliphatic heterocycles. The molecule has 32 heavy (non-hydrogen) atoms. The lowest BCUT2D eigenvalue weighted by Gasteiger charge is -2.22. The van der Waals surface area contributed by atoms with Gasteiger partial charge in [-0.3, -0.25) is 4.79 Å². The molecule has 1 rings (SSSR count). The monoisotopic (exact) mass is 449 g/mol. The summed E-state index contributed by atoms with van der Waals surface area (Å²) in [6.07, 6.45) is 1.10. The summed E-state index contributed by atoms with van der Waals surface area (Å²) in [5, 5.41) is 5.41. The number of unbranched alkanes of at least 4 members (excludes halogenated alkanes) is 1. The zero-order chi connectivity index (χ0) is 24.3. The van der Waals surface area contributed by atoms with Gasteiger partial charge in [0.05, 0.1) is 6.04 Å². The summed E-state index contributed by atoms with van der Waals surface area (Å²) in [5.74, 6) is -0.948. The van der Waals surface area contributed by atoms with Gasteiger partial charge < -0.3 is 25.8 Å². The number of benzene rings is 1. The molecular weight excluding hydrogens is 410 g/mol. The Morgan fingerprint density at radius 2 is 1.69 bits per heavy atom. The number of ether oxygens (including phenoxy) is 2. The van der Waals surface area contributed by atoms with E-state index in [1.165, 1.54) is 0 Å². The fourth-order valence-electron chi connectivity index (χ4n) is 2.74. The molecule has 8 heteroatoms. The average Bonchev–Trinajstić information content (AvgIpc) is 2.69. The van der Waals surface area contributed by atoms with Crippen molar-refractivity contribution in [3.8, 4) is 0 Å². The number of alkyl carbamates (subject to hydrolysis) is 1. The van der Waals surface area contributed by atoms with Crippen LogP contribution in [-0.2, 0) is 25.7 Å². The quantitative estimate of drug-likeness (QED) is 0.352. The summed E-state index contributed by atoms with van der Waals surface area (Å²) in [5.41, 5.74) is 7.35. The second kappa shape index (κ2) is 13.1. The maximum Gasteiger partial charge on any atom is 0.407 e. The Hall–Kier alpha value is -2.61. The van der Waals surface area contributed by atoms with Crippen LogP contribution in [0.1, 0.15) is 65.0 Å². The second-order valence-corrected chi connectivity index (χ2v) is 9.35. The summed E-state index contributed by atoms with van der Waals surface area (Å²) < 4.78 is 10.6. The highest BCUT2D eigenvalue weighted by Crippen LogP contribution is 2.10. The van der Waals surface area contributed by atoms with Crippen LogP contribution in [0, 0.1) is 12.8 Å². The van der Waals surface area contributed by atoms with E-state index in [2.05, 4.69) is 10.6 Å². The number of amides is 2. The van der Waals surface area contributed by atoms with Gasteiger partial charge >= 0.3 is 12.1 Å². The number of carbonyl (C=O) groups excluding carboxylic acids is 3. The van der Waals surface area contributed by atoms with Crippen molar-refractivity contribution in [3.63, 3.8) is 0 Å². The molecule has 2 atom stereocenters. The van der Waals surface area contributed by atoms with E-state index in [0.717, 1.165) is 11.1 Å². The van der Waals surface area contributed by atoms with Gasteiger partial charge in [0.1, 0.15) is 18.2 Å². The molecule has 1 aromatic rings. The first-order valence-corrected chi connectivity index (χ1v) is 11.1. The molecule has 0 aromatic heterocycles. The van der Waals surface area contributed by atoms with Gasteiger partial charge in [-0.2, -0.15) is 0 Å². The van der Waals surface area contributed by atoms with Gasteiger partial charge in [-0.15, -0.1) is 0 Å². The van der Waals surface area contributed by atoms with Crippen molar-refractivity contribution < 1.29 is 23.9 Å².